The van der Waals surface area contributed by atoms with Crippen LogP contribution in [0, 0.1) is 6.92 Å². The lowest BCUT2D eigenvalue weighted by atomic mass is 10.1. The van der Waals surface area contributed by atoms with Gasteiger partial charge in [0.25, 0.3) is 0 Å². The Hall–Kier alpha value is -2.23. The molecule has 1 aromatic heterocycles. The van der Waals surface area contributed by atoms with Crippen molar-refractivity contribution in [3.05, 3.63) is 53.9 Å². The second-order valence-electron chi connectivity index (χ2n) is 5.99. The van der Waals surface area contributed by atoms with Crippen molar-refractivity contribution in [3.8, 4) is 5.69 Å². The van der Waals surface area contributed by atoms with E-state index >= 15 is 0 Å². The van der Waals surface area contributed by atoms with Crippen molar-refractivity contribution < 1.29 is 5.48 Å². The standard InChI is InChI=1S/C18H22N4/c1-12(2)20-7-8-21(14(20)4)16-10-15-11-18-19-5-6-22(18)17(15)9-13(16)3/h5-10,12,14H,11H2,1-4H3/t14-/m0/s1/i1D3,12D/t12?,14-. The quantitative estimate of drug-likeness (QED) is 0.724. The van der Waals surface area contributed by atoms with E-state index in [1.54, 1.807) is 11.1 Å². The highest BCUT2D eigenvalue weighted by Gasteiger charge is 2.28. The van der Waals surface area contributed by atoms with Crippen LogP contribution in [0.2, 0.25) is 0 Å². The number of imidazole rings is 1. The molecule has 0 N–H and O–H groups in total. The molecular weight excluding hydrogens is 272 g/mol. The minimum Gasteiger partial charge on any atom is -0.353 e. The van der Waals surface area contributed by atoms with E-state index in [4.69, 9.17) is 5.48 Å². The molecule has 0 bridgehead atoms. The smallest absolute Gasteiger partial charge is 0.117 e. The molecule has 4 heteroatoms. The number of hydrogen-bond donors (Lipinski definition) is 0. The molecule has 0 radical (unpaired) electrons. The summed E-state index contributed by atoms with van der Waals surface area (Å²) in [6.07, 6.45) is 7.90. The van der Waals surface area contributed by atoms with Crippen LogP contribution in [0.1, 0.15) is 43.1 Å². The van der Waals surface area contributed by atoms with Gasteiger partial charge in [-0.1, -0.05) is 0 Å². The van der Waals surface area contributed by atoms with Gasteiger partial charge in [0.05, 0.1) is 7.06 Å². The molecule has 2 aromatic rings. The molecule has 0 saturated carbocycles. The van der Waals surface area contributed by atoms with Crippen LogP contribution in [0.3, 0.4) is 0 Å². The Balaban J connectivity index is 1.68. The Kier molecular flexibility index (Phi) is 2.05. The van der Waals surface area contributed by atoms with E-state index in [-0.39, 0.29) is 6.17 Å². The van der Waals surface area contributed by atoms with Crippen molar-refractivity contribution in [2.24, 2.45) is 0 Å². The van der Waals surface area contributed by atoms with E-state index in [0.29, 0.717) is 0 Å². The predicted molar refractivity (Wildman–Crippen MR) is 89.2 cm³/mol. The fourth-order valence-corrected chi connectivity index (χ4v) is 3.42. The fourth-order valence-electron chi connectivity index (χ4n) is 3.42. The molecule has 3 heterocycles. The van der Waals surface area contributed by atoms with Crippen molar-refractivity contribution in [2.45, 2.75) is 46.2 Å². The lowest BCUT2D eigenvalue weighted by molar-refractivity contribution is 0.263. The Morgan fingerprint density at radius 1 is 1.36 bits per heavy atom. The first kappa shape index (κ1) is 9.72. The molecule has 2 aliphatic rings. The van der Waals surface area contributed by atoms with Gasteiger partial charge in [-0.25, -0.2) is 4.98 Å². The van der Waals surface area contributed by atoms with Gasteiger partial charge in [-0.05, 0) is 50.9 Å². The molecule has 0 fully saturated rings. The zero-order valence-corrected chi connectivity index (χ0v) is 13.0. The summed E-state index contributed by atoms with van der Waals surface area (Å²) in [5.41, 5.74) is 4.49. The number of aromatic nitrogens is 2. The van der Waals surface area contributed by atoms with E-state index in [1.807, 2.05) is 30.4 Å². The number of hydrogen-bond acceptors (Lipinski definition) is 3. The first-order valence-electron chi connectivity index (χ1n) is 9.52. The van der Waals surface area contributed by atoms with Crippen LogP contribution in [-0.4, -0.2) is 26.6 Å². The SMILES string of the molecule is [2H]C([2H])([2H])C([2H])(C)N1C=CN(c2cc3c(cc2C)-n2ccnc2C3)[C@H]1C. The summed E-state index contributed by atoms with van der Waals surface area (Å²) in [5.74, 6) is 1.03. The highest BCUT2D eigenvalue weighted by molar-refractivity contribution is 5.65. The van der Waals surface area contributed by atoms with Crippen LogP contribution in [0.4, 0.5) is 5.69 Å². The lowest BCUT2D eigenvalue weighted by Crippen LogP contribution is -2.39. The van der Waals surface area contributed by atoms with Gasteiger partial charge < -0.3 is 14.4 Å². The Morgan fingerprint density at radius 2 is 2.23 bits per heavy atom. The third-order valence-electron chi connectivity index (χ3n) is 4.58. The minimum atomic E-state index is -2.40. The highest BCUT2D eigenvalue weighted by atomic mass is 15.4. The molecule has 0 spiro atoms. The fraction of sp³-hybridized carbons (Fsp3) is 0.389. The lowest BCUT2D eigenvalue weighted by Gasteiger charge is -2.33. The third-order valence-corrected chi connectivity index (χ3v) is 4.58. The summed E-state index contributed by atoms with van der Waals surface area (Å²) in [6, 6.07) is 2.61. The maximum absolute atomic E-state index is 8.38. The van der Waals surface area contributed by atoms with E-state index in [0.717, 1.165) is 29.2 Å². The summed E-state index contributed by atoms with van der Waals surface area (Å²) in [5, 5.41) is 0. The maximum atomic E-state index is 8.38. The van der Waals surface area contributed by atoms with Crippen LogP contribution in [0.5, 0.6) is 0 Å². The molecule has 1 aromatic carbocycles. The van der Waals surface area contributed by atoms with E-state index < -0.39 is 12.9 Å². The highest BCUT2D eigenvalue weighted by Crippen LogP contribution is 2.35. The number of fused-ring (bicyclic) bond motifs is 3. The molecule has 114 valence electrons. The van der Waals surface area contributed by atoms with Crippen molar-refractivity contribution >= 4 is 5.69 Å². The van der Waals surface area contributed by atoms with E-state index in [9.17, 15) is 0 Å². The van der Waals surface area contributed by atoms with Crippen LogP contribution in [0.25, 0.3) is 5.69 Å². The van der Waals surface area contributed by atoms with Gasteiger partial charge in [-0.3, -0.25) is 0 Å². The van der Waals surface area contributed by atoms with Crippen LogP contribution >= 0.6 is 0 Å². The molecule has 4 rings (SSSR count). The number of nitrogens with zero attached hydrogens (tertiary/aromatic N) is 4. The molecule has 4 nitrogen and oxygen atoms in total. The molecule has 1 unspecified atom stereocenters. The molecule has 2 aliphatic heterocycles. The number of aryl methyl sites for hydroxylation is 1. The minimum absolute atomic E-state index is 0.256. The van der Waals surface area contributed by atoms with Gasteiger partial charge in [-0.2, -0.15) is 0 Å². The Bertz CT molecular complexity index is 897. The average molecular weight is 298 g/mol. The van der Waals surface area contributed by atoms with Gasteiger partial charge >= 0.3 is 0 Å². The second kappa shape index (κ2) is 4.63. The van der Waals surface area contributed by atoms with Gasteiger partial charge in [0.2, 0.25) is 0 Å². The zero-order chi connectivity index (χ0) is 18.9. The van der Waals surface area contributed by atoms with Crippen LogP contribution < -0.4 is 4.90 Å². The predicted octanol–water partition coefficient (Wildman–Crippen LogP) is 3.43. The topological polar surface area (TPSA) is 24.3 Å². The van der Waals surface area contributed by atoms with Crippen molar-refractivity contribution in [3.63, 3.8) is 0 Å². The van der Waals surface area contributed by atoms with Crippen LogP contribution in [-0.2, 0) is 6.42 Å². The van der Waals surface area contributed by atoms with Gasteiger partial charge in [0.15, 0.2) is 0 Å². The van der Waals surface area contributed by atoms with Crippen LogP contribution in [0.15, 0.2) is 36.9 Å². The molecule has 2 atom stereocenters. The molecule has 22 heavy (non-hydrogen) atoms. The zero-order valence-electron chi connectivity index (χ0n) is 17.0. The monoisotopic (exact) mass is 298 g/mol. The summed E-state index contributed by atoms with van der Waals surface area (Å²) >= 11 is 0. The Labute approximate surface area is 137 Å². The number of anilines is 1. The summed E-state index contributed by atoms with van der Waals surface area (Å²) in [6.45, 7) is 3.02. The molecule has 0 saturated heterocycles. The normalized spacial score (nSPS) is 25.1. The van der Waals surface area contributed by atoms with Crippen molar-refractivity contribution in [2.75, 3.05) is 4.90 Å². The second-order valence-corrected chi connectivity index (χ2v) is 5.99. The van der Waals surface area contributed by atoms with Gasteiger partial charge in [0, 0.05) is 47.0 Å². The number of rotatable bonds is 2. The summed E-state index contributed by atoms with van der Waals surface area (Å²) in [7, 11) is 0. The van der Waals surface area contributed by atoms with Crippen molar-refractivity contribution in [1.82, 2.24) is 14.5 Å². The van der Waals surface area contributed by atoms with E-state index in [1.165, 1.54) is 12.5 Å². The number of benzene rings is 1. The summed E-state index contributed by atoms with van der Waals surface area (Å²) in [4.78, 5) is 8.03. The first-order chi connectivity index (χ1) is 12.1. The molecular formula is C18H22N4. The first-order valence-corrected chi connectivity index (χ1v) is 7.52. The average Bonchev–Trinajstić information content (AvgIpc) is 3.20. The van der Waals surface area contributed by atoms with Crippen molar-refractivity contribution in [1.29, 1.82) is 0 Å². The third kappa shape index (κ3) is 1.79. The summed E-state index contributed by atoms with van der Waals surface area (Å²) < 4.78 is 33.6. The van der Waals surface area contributed by atoms with Gasteiger partial charge in [0.1, 0.15) is 12.0 Å². The van der Waals surface area contributed by atoms with Gasteiger partial charge in [-0.15, -0.1) is 0 Å². The maximum Gasteiger partial charge on any atom is 0.117 e. The largest absolute Gasteiger partial charge is 0.353 e. The molecule has 0 aliphatic carbocycles. The molecule has 0 amide bonds. The van der Waals surface area contributed by atoms with E-state index in [2.05, 4.69) is 28.6 Å². The Morgan fingerprint density at radius 3 is 3.05 bits per heavy atom.